The quantitative estimate of drug-likeness (QED) is 0.423. The first-order chi connectivity index (χ1) is 11.2. The molecule has 0 spiro atoms. The van der Waals surface area contributed by atoms with Gasteiger partial charge in [0, 0.05) is 13.1 Å². The summed E-state index contributed by atoms with van der Waals surface area (Å²) in [5.74, 6) is -0.162. The molecule has 0 radical (unpaired) electrons. The minimum atomic E-state index is -0.551. The van der Waals surface area contributed by atoms with Crippen molar-refractivity contribution < 1.29 is 9.90 Å². The highest BCUT2D eigenvalue weighted by Crippen LogP contribution is 2.49. The number of aliphatic carboxylic acids is 1. The highest BCUT2D eigenvalue weighted by atomic mass is 16.4. The number of unbranched alkanes of at least 4 members (excludes halogenated alkanes) is 5. The zero-order valence-corrected chi connectivity index (χ0v) is 15.1. The second-order valence-electron chi connectivity index (χ2n) is 7.25. The summed E-state index contributed by atoms with van der Waals surface area (Å²) < 4.78 is 0. The Balaban J connectivity index is 2.37. The molecule has 23 heavy (non-hydrogen) atoms. The second-order valence-corrected chi connectivity index (χ2v) is 7.25. The summed E-state index contributed by atoms with van der Waals surface area (Å²) in [5.41, 5.74) is 5.02. The fourth-order valence-electron chi connectivity index (χ4n) is 4.21. The first kappa shape index (κ1) is 20.4. The molecule has 4 nitrogen and oxygen atoms in total. The Morgan fingerprint density at radius 3 is 2.61 bits per heavy atom. The predicted molar refractivity (Wildman–Crippen MR) is 96.6 cm³/mol. The van der Waals surface area contributed by atoms with Gasteiger partial charge < -0.3 is 16.2 Å². The zero-order chi connectivity index (χ0) is 17.0. The Kier molecular flexibility index (Phi) is 10.5. The molecular formula is C19H38N2O2. The molecule has 0 aliphatic heterocycles. The molecule has 1 fully saturated rings. The van der Waals surface area contributed by atoms with Crippen LogP contribution in [0.15, 0.2) is 0 Å². The van der Waals surface area contributed by atoms with E-state index in [0.717, 1.165) is 51.6 Å². The Morgan fingerprint density at radius 2 is 1.91 bits per heavy atom. The molecule has 4 N–H and O–H groups in total. The van der Waals surface area contributed by atoms with Crippen LogP contribution >= 0.6 is 0 Å². The van der Waals surface area contributed by atoms with Crippen molar-refractivity contribution in [2.24, 2.45) is 17.1 Å². The molecule has 0 aromatic carbocycles. The van der Waals surface area contributed by atoms with E-state index >= 15 is 0 Å². The molecule has 0 aromatic rings. The predicted octanol–water partition coefficient (Wildman–Crippen LogP) is 3.94. The molecule has 1 saturated carbocycles. The van der Waals surface area contributed by atoms with Crippen LogP contribution in [0.4, 0.5) is 0 Å². The average molecular weight is 327 g/mol. The van der Waals surface area contributed by atoms with Crippen molar-refractivity contribution in [1.29, 1.82) is 0 Å². The van der Waals surface area contributed by atoms with E-state index in [0.29, 0.717) is 12.5 Å². The number of rotatable bonds is 14. The van der Waals surface area contributed by atoms with Gasteiger partial charge in [-0.2, -0.15) is 0 Å². The number of nitrogens with one attached hydrogen (secondary N) is 1. The van der Waals surface area contributed by atoms with E-state index < -0.39 is 11.4 Å². The number of carboxylic acid groups (broad SMARTS) is 1. The number of nitrogens with two attached hydrogens (primary N) is 1. The first-order valence-corrected chi connectivity index (χ1v) is 9.81. The molecule has 1 rings (SSSR count). The molecule has 1 aliphatic rings. The van der Waals surface area contributed by atoms with Gasteiger partial charge in [-0.05, 0) is 44.6 Å². The normalized spacial score (nSPS) is 24.2. The lowest BCUT2D eigenvalue weighted by Crippen LogP contribution is -2.36. The van der Waals surface area contributed by atoms with Crippen LogP contribution in [-0.2, 0) is 4.79 Å². The van der Waals surface area contributed by atoms with Gasteiger partial charge in [-0.25, -0.2) is 0 Å². The third-order valence-corrected chi connectivity index (χ3v) is 5.59. The van der Waals surface area contributed by atoms with Crippen molar-refractivity contribution in [3.63, 3.8) is 0 Å². The van der Waals surface area contributed by atoms with Gasteiger partial charge in [0.2, 0.25) is 0 Å². The summed E-state index contributed by atoms with van der Waals surface area (Å²) in [7, 11) is 0. The summed E-state index contributed by atoms with van der Waals surface area (Å²) >= 11 is 0. The van der Waals surface area contributed by atoms with Gasteiger partial charge in [0.1, 0.15) is 0 Å². The SMILES string of the molecule is CCCCCCCC[C@H]1CCC[C@@]1(CCCNCCN)C(=O)O. The Bertz CT molecular complexity index is 322. The lowest BCUT2D eigenvalue weighted by atomic mass is 9.72. The van der Waals surface area contributed by atoms with Crippen molar-refractivity contribution in [3.8, 4) is 0 Å². The summed E-state index contributed by atoms with van der Waals surface area (Å²) in [4.78, 5) is 12.0. The van der Waals surface area contributed by atoms with Crippen LogP contribution in [0.2, 0.25) is 0 Å². The van der Waals surface area contributed by atoms with Crippen LogP contribution in [0.25, 0.3) is 0 Å². The van der Waals surface area contributed by atoms with E-state index in [9.17, 15) is 9.90 Å². The molecular weight excluding hydrogens is 288 g/mol. The third-order valence-electron chi connectivity index (χ3n) is 5.59. The molecule has 0 aromatic heterocycles. The molecule has 0 bridgehead atoms. The molecule has 0 unspecified atom stereocenters. The van der Waals surface area contributed by atoms with Gasteiger partial charge in [0.15, 0.2) is 0 Å². The van der Waals surface area contributed by atoms with Crippen molar-refractivity contribution in [2.45, 2.75) is 84.0 Å². The van der Waals surface area contributed by atoms with Crippen LogP contribution in [0.3, 0.4) is 0 Å². The average Bonchev–Trinajstić information content (AvgIpc) is 2.95. The molecule has 1 aliphatic carbocycles. The van der Waals surface area contributed by atoms with Crippen molar-refractivity contribution in [2.75, 3.05) is 19.6 Å². The first-order valence-electron chi connectivity index (χ1n) is 9.81. The van der Waals surface area contributed by atoms with E-state index in [1.165, 1.54) is 38.5 Å². The molecule has 136 valence electrons. The molecule has 0 heterocycles. The summed E-state index contributed by atoms with van der Waals surface area (Å²) in [6.07, 6.45) is 13.7. The fraction of sp³-hybridized carbons (Fsp3) is 0.947. The standard InChI is InChI=1S/C19H38N2O2/c1-2-3-4-5-6-7-10-17-11-8-12-19(17,18(22)23)13-9-15-21-16-14-20/h17,21H,2-16,20H2,1H3,(H,22,23)/t17-,19-/m0/s1. The Morgan fingerprint density at radius 1 is 1.17 bits per heavy atom. The lowest BCUT2D eigenvalue weighted by Gasteiger charge is -2.31. The molecule has 2 atom stereocenters. The lowest BCUT2D eigenvalue weighted by molar-refractivity contribution is -0.152. The van der Waals surface area contributed by atoms with Crippen LogP contribution < -0.4 is 11.1 Å². The zero-order valence-electron chi connectivity index (χ0n) is 15.1. The summed E-state index contributed by atoms with van der Waals surface area (Å²) in [6.45, 7) is 4.59. The van der Waals surface area contributed by atoms with E-state index in [1.807, 2.05) is 0 Å². The summed E-state index contributed by atoms with van der Waals surface area (Å²) in [5, 5.41) is 13.2. The maximum absolute atomic E-state index is 12.0. The van der Waals surface area contributed by atoms with E-state index in [-0.39, 0.29) is 0 Å². The van der Waals surface area contributed by atoms with E-state index in [4.69, 9.17) is 5.73 Å². The molecule has 4 heteroatoms. The maximum atomic E-state index is 12.0. The summed E-state index contributed by atoms with van der Waals surface area (Å²) in [6, 6.07) is 0. The van der Waals surface area contributed by atoms with Gasteiger partial charge in [0.25, 0.3) is 0 Å². The van der Waals surface area contributed by atoms with Gasteiger partial charge >= 0.3 is 5.97 Å². The number of hydrogen-bond acceptors (Lipinski definition) is 3. The van der Waals surface area contributed by atoms with Crippen molar-refractivity contribution in [1.82, 2.24) is 5.32 Å². The van der Waals surface area contributed by atoms with Crippen LogP contribution in [0.1, 0.15) is 84.0 Å². The third kappa shape index (κ3) is 6.80. The Hall–Kier alpha value is -0.610. The smallest absolute Gasteiger partial charge is 0.309 e. The van der Waals surface area contributed by atoms with Gasteiger partial charge in [-0.15, -0.1) is 0 Å². The van der Waals surface area contributed by atoms with E-state index in [2.05, 4.69) is 12.2 Å². The van der Waals surface area contributed by atoms with Gasteiger partial charge in [0.05, 0.1) is 5.41 Å². The van der Waals surface area contributed by atoms with E-state index in [1.54, 1.807) is 0 Å². The number of hydrogen-bond donors (Lipinski definition) is 3. The minimum absolute atomic E-state index is 0.390. The van der Waals surface area contributed by atoms with Gasteiger partial charge in [-0.3, -0.25) is 4.79 Å². The minimum Gasteiger partial charge on any atom is -0.481 e. The number of carboxylic acids is 1. The van der Waals surface area contributed by atoms with Crippen LogP contribution in [-0.4, -0.2) is 30.7 Å². The largest absolute Gasteiger partial charge is 0.481 e. The fourth-order valence-corrected chi connectivity index (χ4v) is 4.21. The second kappa shape index (κ2) is 11.9. The molecule has 0 amide bonds. The van der Waals surface area contributed by atoms with Crippen LogP contribution in [0, 0.1) is 11.3 Å². The topological polar surface area (TPSA) is 75.3 Å². The maximum Gasteiger partial charge on any atom is 0.309 e. The highest BCUT2D eigenvalue weighted by Gasteiger charge is 2.47. The van der Waals surface area contributed by atoms with Gasteiger partial charge in [-0.1, -0.05) is 51.9 Å². The van der Waals surface area contributed by atoms with Crippen LogP contribution in [0.5, 0.6) is 0 Å². The van der Waals surface area contributed by atoms with Crippen molar-refractivity contribution >= 4 is 5.97 Å². The highest BCUT2D eigenvalue weighted by molar-refractivity contribution is 5.75. The van der Waals surface area contributed by atoms with Crippen molar-refractivity contribution in [3.05, 3.63) is 0 Å². The number of carbonyl (C=O) groups is 1. The molecule has 0 saturated heterocycles. The monoisotopic (exact) mass is 326 g/mol. The Labute approximate surface area is 142 Å².